The highest BCUT2D eigenvalue weighted by atomic mass is 32.1. The van der Waals surface area contributed by atoms with Gasteiger partial charge in [-0.15, -0.1) is 0 Å². The van der Waals surface area contributed by atoms with Crippen LogP contribution in [0.5, 0.6) is 11.6 Å². The first-order chi connectivity index (χ1) is 12.5. The van der Waals surface area contributed by atoms with Crippen molar-refractivity contribution < 1.29 is 23.5 Å². The van der Waals surface area contributed by atoms with Crippen molar-refractivity contribution in [2.45, 2.75) is 0 Å². The Morgan fingerprint density at radius 1 is 1.35 bits per heavy atom. The predicted molar refractivity (Wildman–Crippen MR) is 93.5 cm³/mol. The Morgan fingerprint density at radius 2 is 2.08 bits per heavy atom. The van der Waals surface area contributed by atoms with Gasteiger partial charge in [0.2, 0.25) is 11.7 Å². The fourth-order valence-corrected chi connectivity index (χ4v) is 2.06. The van der Waals surface area contributed by atoms with E-state index in [1.807, 2.05) is 0 Å². The maximum Gasteiger partial charge on any atom is 0.321 e. The number of benzene rings is 1. The lowest BCUT2D eigenvalue weighted by Gasteiger charge is -2.13. The zero-order valence-corrected chi connectivity index (χ0v) is 14.6. The second-order valence-corrected chi connectivity index (χ2v) is 5.14. The molecule has 26 heavy (non-hydrogen) atoms. The largest absolute Gasteiger partial charge is 0.504 e. The molecule has 136 valence electrons. The van der Waals surface area contributed by atoms with E-state index in [-0.39, 0.29) is 27.4 Å². The smallest absolute Gasteiger partial charge is 0.321 e. The lowest BCUT2D eigenvalue weighted by molar-refractivity contribution is -0.114. The Hall–Kier alpha value is -3.27. The van der Waals surface area contributed by atoms with E-state index >= 15 is 0 Å². The number of rotatable bonds is 5. The van der Waals surface area contributed by atoms with Crippen LogP contribution in [-0.4, -0.2) is 36.1 Å². The van der Waals surface area contributed by atoms with Crippen LogP contribution in [0.25, 0.3) is 5.57 Å². The summed E-state index contributed by atoms with van der Waals surface area (Å²) in [5, 5.41) is 4.39. The van der Waals surface area contributed by atoms with Gasteiger partial charge in [-0.3, -0.25) is 10.1 Å². The van der Waals surface area contributed by atoms with Crippen molar-refractivity contribution in [3.05, 3.63) is 52.9 Å². The maximum absolute atomic E-state index is 14.1. The molecule has 0 bridgehead atoms. The molecule has 8 nitrogen and oxygen atoms in total. The Morgan fingerprint density at radius 3 is 2.77 bits per heavy atom. The van der Waals surface area contributed by atoms with Crippen LogP contribution in [-0.2, 0) is 9.53 Å². The van der Waals surface area contributed by atoms with Crippen molar-refractivity contribution in [1.29, 1.82) is 0 Å². The molecule has 0 aliphatic carbocycles. The number of aromatic nitrogens is 2. The van der Waals surface area contributed by atoms with Crippen molar-refractivity contribution in [2.75, 3.05) is 14.2 Å². The first-order valence-electron chi connectivity index (χ1n) is 7.24. The van der Waals surface area contributed by atoms with E-state index < -0.39 is 17.8 Å². The Labute approximate surface area is 153 Å². The molecule has 0 spiro atoms. The molecule has 0 saturated heterocycles. The molecule has 2 aromatic rings. The molecule has 3 N–H and O–H groups in total. The van der Waals surface area contributed by atoms with E-state index in [2.05, 4.69) is 20.6 Å². The van der Waals surface area contributed by atoms with Gasteiger partial charge in [0.1, 0.15) is 5.75 Å². The molecule has 2 rings (SSSR count). The summed E-state index contributed by atoms with van der Waals surface area (Å²) < 4.78 is 24.2. The molecular formula is C16H15FN4O4S. The van der Waals surface area contributed by atoms with Gasteiger partial charge >= 0.3 is 6.03 Å². The number of halogens is 1. The maximum atomic E-state index is 14.1. The number of methoxy groups -OCH3 is 1. The molecule has 1 aromatic carbocycles. The van der Waals surface area contributed by atoms with E-state index in [1.54, 1.807) is 18.2 Å². The third-order valence-electron chi connectivity index (χ3n) is 3.09. The number of H-pyrrole nitrogens is 1. The number of amides is 3. The van der Waals surface area contributed by atoms with Crippen LogP contribution in [0.4, 0.5) is 9.18 Å². The molecule has 3 amide bonds. The number of carbonyl (C=O) groups excluding carboxylic acids is 2. The predicted octanol–water partition coefficient (Wildman–Crippen LogP) is 2.51. The number of carbonyl (C=O) groups is 2. The Kier molecular flexibility index (Phi) is 6.39. The molecule has 0 saturated carbocycles. The third kappa shape index (κ3) is 4.42. The van der Waals surface area contributed by atoms with Crippen molar-refractivity contribution in [2.24, 2.45) is 0 Å². The number of nitrogens with zero attached hydrogens (tertiary/aromatic N) is 1. The molecule has 0 fully saturated rings. The SMILES string of the molecule is CNC(=O)NC(=O)/C(=C/OC)c1ccccc1Oc1[nH]cnc(=S)c1F. The number of nitrogens with one attached hydrogen (secondary N) is 3. The first-order valence-corrected chi connectivity index (χ1v) is 7.65. The zero-order chi connectivity index (χ0) is 19.1. The van der Waals surface area contributed by atoms with Crippen LogP contribution < -0.4 is 15.4 Å². The van der Waals surface area contributed by atoms with Gasteiger partial charge in [-0.25, -0.2) is 9.78 Å². The number of urea groups is 1. The summed E-state index contributed by atoms with van der Waals surface area (Å²) in [6, 6.07) is 5.65. The second-order valence-electron chi connectivity index (χ2n) is 4.75. The normalized spacial score (nSPS) is 10.8. The Balaban J connectivity index is 2.44. The lowest BCUT2D eigenvalue weighted by atomic mass is 10.1. The molecule has 10 heteroatoms. The Bertz CT molecular complexity index is 913. The van der Waals surface area contributed by atoms with Crippen molar-refractivity contribution in [3.63, 3.8) is 0 Å². The lowest BCUT2D eigenvalue weighted by Crippen LogP contribution is -2.37. The van der Waals surface area contributed by atoms with Gasteiger partial charge in [-0.2, -0.15) is 4.39 Å². The standard InChI is InChI=1S/C16H15FN4O4S/c1-18-16(23)21-13(22)10(7-24-2)9-5-3-4-6-11(9)25-14-12(17)15(26)20-8-19-14/h3-8H,1-2H3,(H,19,20,26)(H2,18,21,22,23)/b10-7+. The topological polar surface area (TPSA) is 105 Å². The average molecular weight is 378 g/mol. The minimum Gasteiger partial charge on any atom is -0.504 e. The molecule has 1 heterocycles. The van der Waals surface area contributed by atoms with Crippen LogP contribution in [0.15, 0.2) is 36.9 Å². The van der Waals surface area contributed by atoms with E-state index in [0.29, 0.717) is 0 Å². The highest BCUT2D eigenvalue weighted by Crippen LogP contribution is 2.30. The molecule has 0 aliphatic heterocycles. The minimum atomic E-state index is -0.843. The third-order valence-corrected chi connectivity index (χ3v) is 3.37. The average Bonchev–Trinajstić information content (AvgIpc) is 2.64. The van der Waals surface area contributed by atoms with Crippen molar-refractivity contribution in [3.8, 4) is 11.6 Å². The van der Waals surface area contributed by atoms with Gasteiger partial charge in [-0.1, -0.05) is 30.4 Å². The summed E-state index contributed by atoms with van der Waals surface area (Å²) in [5.41, 5.74) is 0.269. The van der Waals surface area contributed by atoms with Gasteiger partial charge in [0.05, 0.1) is 25.3 Å². The monoisotopic (exact) mass is 378 g/mol. The minimum absolute atomic E-state index is 0.000221. The summed E-state index contributed by atoms with van der Waals surface area (Å²) in [7, 11) is 2.71. The quantitative estimate of drug-likeness (QED) is 0.419. The highest BCUT2D eigenvalue weighted by molar-refractivity contribution is 7.71. The first kappa shape index (κ1) is 19.1. The van der Waals surface area contributed by atoms with Gasteiger partial charge < -0.3 is 19.8 Å². The number of imide groups is 1. The van der Waals surface area contributed by atoms with E-state index in [0.717, 1.165) is 6.26 Å². The fourth-order valence-electron chi connectivity index (χ4n) is 1.92. The van der Waals surface area contributed by atoms with Gasteiger partial charge in [-0.05, 0) is 6.07 Å². The van der Waals surface area contributed by atoms with E-state index in [1.165, 1.54) is 26.6 Å². The molecule has 0 aliphatic rings. The summed E-state index contributed by atoms with van der Waals surface area (Å²) in [4.78, 5) is 29.9. The van der Waals surface area contributed by atoms with Gasteiger partial charge in [0, 0.05) is 12.6 Å². The van der Waals surface area contributed by atoms with E-state index in [9.17, 15) is 14.0 Å². The number of hydrogen-bond donors (Lipinski definition) is 3. The number of para-hydroxylation sites is 1. The fraction of sp³-hybridized carbons (Fsp3) is 0.125. The molecule has 0 unspecified atom stereocenters. The second kappa shape index (κ2) is 8.72. The van der Waals surface area contributed by atoms with Crippen LogP contribution >= 0.6 is 12.2 Å². The van der Waals surface area contributed by atoms with Gasteiger partial charge in [0.25, 0.3) is 5.91 Å². The van der Waals surface area contributed by atoms with E-state index in [4.69, 9.17) is 21.7 Å². The molecular weight excluding hydrogens is 363 g/mol. The van der Waals surface area contributed by atoms with Crippen molar-refractivity contribution in [1.82, 2.24) is 20.6 Å². The number of ether oxygens (including phenoxy) is 2. The summed E-state index contributed by atoms with van der Waals surface area (Å²) in [6.45, 7) is 0. The highest BCUT2D eigenvalue weighted by Gasteiger charge is 2.20. The van der Waals surface area contributed by atoms with Crippen LogP contribution in [0, 0.1) is 10.5 Å². The van der Waals surface area contributed by atoms with Crippen molar-refractivity contribution >= 4 is 29.7 Å². The van der Waals surface area contributed by atoms with Gasteiger partial charge in [0.15, 0.2) is 4.64 Å². The number of aromatic amines is 1. The van der Waals surface area contributed by atoms with Crippen LogP contribution in [0.3, 0.4) is 0 Å². The summed E-state index contributed by atoms with van der Waals surface area (Å²) >= 11 is 4.76. The molecule has 0 radical (unpaired) electrons. The zero-order valence-electron chi connectivity index (χ0n) is 13.8. The molecule has 1 aromatic heterocycles. The summed E-state index contributed by atoms with van der Waals surface area (Å²) in [5.74, 6) is -1.70. The molecule has 0 atom stereocenters. The number of hydrogen-bond acceptors (Lipinski definition) is 6. The summed E-state index contributed by atoms with van der Waals surface area (Å²) in [6.07, 6.45) is 2.33. The van der Waals surface area contributed by atoms with Crippen LogP contribution in [0.2, 0.25) is 0 Å². The van der Waals surface area contributed by atoms with Crippen LogP contribution in [0.1, 0.15) is 5.56 Å².